The minimum absolute atomic E-state index is 0.0115. The Hall–Kier alpha value is -1.10. The highest BCUT2D eigenvalue weighted by atomic mass is 32.1. The topological polar surface area (TPSA) is 62.2 Å². The summed E-state index contributed by atoms with van der Waals surface area (Å²) in [6.45, 7) is 2.17. The Labute approximate surface area is 105 Å². The second kappa shape index (κ2) is 5.49. The first-order valence-electron chi connectivity index (χ1n) is 6.10. The van der Waals surface area contributed by atoms with Gasteiger partial charge in [0.2, 0.25) is 0 Å². The summed E-state index contributed by atoms with van der Waals surface area (Å²) < 4.78 is 0. The number of rotatable bonds is 7. The number of anilines is 1. The van der Waals surface area contributed by atoms with Crippen LogP contribution in [-0.2, 0) is 11.2 Å². The van der Waals surface area contributed by atoms with Crippen LogP contribution in [0.1, 0.15) is 38.3 Å². The van der Waals surface area contributed by atoms with Gasteiger partial charge in [-0.15, -0.1) is 11.3 Å². The highest BCUT2D eigenvalue weighted by Gasteiger charge is 2.25. The average molecular weight is 254 g/mol. The molecule has 0 bridgehead atoms. The lowest BCUT2D eigenvalue weighted by Crippen LogP contribution is -2.19. The van der Waals surface area contributed by atoms with Crippen molar-refractivity contribution < 1.29 is 9.90 Å². The number of hydrogen-bond donors (Lipinski definition) is 2. The lowest BCUT2D eigenvalue weighted by atomic mass is 10.1. The molecule has 0 saturated heterocycles. The van der Waals surface area contributed by atoms with Crippen LogP contribution in [0.3, 0.4) is 0 Å². The molecule has 2 N–H and O–H groups in total. The predicted molar refractivity (Wildman–Crippen MR) is 68.5 cm³/mol. The van der Waals surface area contributed by atoms with Gasteiger partial charge in [0.15, 0.2) is 5.13 Å². The van der Waals surface area contributed by atoms with Gasteiger partial charge in [-0.1, -0.05) is 19.8 Å². The number of nitrogens with one attached hydrogen (secondary N) is 1. The van der Waals surface area contributed by atoms with E-state index in [0.29, 0.717) is 11.7 Å². The number of carboxylic acid groups (broad SMARTS) is 1. The average Bonchev–Trinajstić information content (AvgIpc) is 2.98. The monoisotopic (exact) mass is 254 g/mol. The van der Waals surface area contributed by atoms with Gasteiger partial charge in [0.05, 0.1) is 12.1 Å². The number of thiazole rings is 1. The van der Waals surface area contributed by atoms with E-state index in [1.54, 1.807) is 0 Å². The summed E-state index contributed by atoms with van der Waals surface area (Å²) in [6, 6.07) is 0.478. The van der Waals surface area contributed by atoms with Crippen molar-refractivity contribution >= 4 is 22.4 Å². The van der Waals surface area contributed by atoms with Crippen LogP contribution in [0, 0.1) is 5.92 Å². The number of carboxylic acids is 1. The molecule has 17 heavy (non-hydrogen) atoms. The first kappa shape index (κ1) is 12.4. The zero-order valence-electron chi connectivity index (χ0n) is 9.98. The molecule has 1 saturated carbocycles. The molecule has 1 unspecified atom stereocenters. The highest BCUT2D eigenvalue weighted by molar-refractivity contribution is 7.13. The molecule has 1 heterocycles. The Morgan fingerprint density at radius 3 is 3.06 bits per heavy atom. The maximum Gasteiger partial charge on any atom is 0.309 e. The molecule has 1 fully saturated rings. The van der Waals surface area contributed by atoms with Crippen molar-refractivity contribution in [3.63, 3.8) is 0 Å². The lowest BCUT2D eigenvalue weighted by molar-refractivity contribution is -0.136. The van der Waals surface area contributed by atoms with E-state index >= 15 is 0 Å². The zero-order chi connectivity index (χ0) is 12.3. The van der Waals surface area contributed by atoms with Gasteiger partial charge in [-0.3, -0.25) is 4.79 Å². The molecule has 5 heteroatoms. The second-order valence-electron chi connectivity index (χ2n) is 4.64. The fourth-order valence-electron chi connectivity index (χ4n) is 1.87. The molecular formula is C12H18N2O2S. The van der Waals surface area contributed by atoms with Gasteiger partial charge in [0.25, 0.3) is 0 Å². The van der Waals surface area contributed by atoms with Crippen molar-refractivity contribution in [1.29, 1.82) is 0 Å². The number of aliphatic carboxylic acids is 1. The molecule has 1 aromatic heterocycles. The van der Waals surface area contributed by atoms with Gasteiger partial charge in [0.1, 0.15) is 0 Å². The lowest BCUT2D eigenvalue weighted by Gasteiger charge is -2.15. The van der Waals surface area contributed by atoms with Crippen molar-refractivity contribution in [2.45, 2.75) is 45.1 Å². The van der Waals surface area contributed by atoms with E-state index in [1.807, 2.05) is 5.38 Å². The van der Waals surface area contributed by atoms with Crippen LogP contribution in [-0.4, -0.2) is 22.1 Å². The third-order valence-corrected chi connectivity index (χ3v) is 3.84. The van der Waals surface area contributed by atoms with Crippen LogP contribution in [0.25, 0.3) is 0 Å². The molecule has 0 aromatic carbocycles. The van der Waals surface area contributed by atoms with Crippen LogP contribution in [0.2, 0.25) is 0 Å². The van der Waals surface area contributed by atoms with Crippen molar-refractivity contribution in [1.82, 2.24) is 4.98 Å². The van der Waals surface area contributed by atoms with E-state index in [0.717, 1.165) is 17.5 Å². The zero-order valence-corrected chi connectivity index (χ0v) is 10.8. The maximum atomic E-state index is 10.6. The quantitative estimate of drug-likeness (QED) is 0.785. The highest BCUT2D eigenvalue weighted by Crippen LogP contribution is 2.35. The van der Waals surface area contributed by atoms with Crippen molar-refractivity contribution in [3.8, 4) is 0 Å². The van der Waals surface area contributed by atoms with Gasteiger partial charge in [-0.25, -0.2) is 4.98 Å². The summed E-state index contributed by atoms with van der Waals surface area (Å²) in [5.74, 6) is 0.0674. The Morgan fingerprint density at radius 1 is 1.71 bits per heavy atom. The van der Waals surface area contributed by atoms with E-state index in [2.05, 4.69) is 17.2 Å². The molecule has 0 aliphatic heterocycles. The Morgan fingerprint density at radius 2 is 2.47 bits per heavy atom. The van der Waals surface area contributed by atoms with E-state index in [-0.39, 0.29) is 6.42 Å². The van der Waals surface area contributed by atoms with E-state index in [9.17, 15) is 4.79 Å². The van der Waals surface area contributed by atoms with Crippen LogP contribution >= 0.6 is 11.3 Å². The molecule has 1 aromatic rings. The van der Waals surface area contributed by atoms with Gasteiger partial charge in [0, 0.05) is 11.4 Å². The first-order chi connectivity index (χ1) is 8.17. The normalized spacial score (nSPS) is 16.8. The number of nitrogens with zero attached hydrogens (tertiary/aromatic N) is 1. The van der Waals surface area contributed by atoms with Crippen LogP contribution in [0.15, 0.2) is 5.38 Å². The Bertz CT molecular complexity index is 388. The van der Waals surface area contributed by atoms with Gasteiger partial charge in [-0.2, -0.15) is 0 Å². The molecule has 94 valence electrons. The second-order valence-corrected chi connectivity index (χ2v) is 5.50. The van der Waals surface area contributed by atoms with E-state index in [1.165, 1.54) is 30.6 Å². The summed E-state index contributed by atoms with van der Waals surface area (Å²) in [6.07, 6.45) is 5.03. The molecular weight excluding hydrogens is 236 g/mol. The first-order valence-corrected chi connectivity index (χ1v) is 6.98. The molecule has 1 aliphatic rings. The molecule has 0 radical (unpaired) electrons. The van der Waals surface area contributed by atoms with Crippen molar-refractivity contribution in [3.05, 3.63) is 11.1 Å². The largest absolute Gasteiger partial charge is 0.481 e. The maximum absolute atomic E-state index is 10.6. The summed E-state index contributed by atoms with van der Waals surface area (Å²) >= 11 is 1.50. The number of carbonyl (C=O) groups is 1. The smallest absolute Gasteiger partial charge is 0.309 e. The summed E-state index contributed by atoms with van der Waals surface area (Å²) in [4.78, 5) is 14.8. The molecule has 2 rings (SSSR count). The van der Waals surface area contributed by atoms with Gasteiger partial charge < -0.3 is 10.4 Å². The van der Waals surface area contributed by atoms with E-state index in [4.69, 9.17) is 5.11 Å². The predicted octanol–water partition coefficient (Wildman–Crippen LogP) is 2.76. The molecule has 0 amide bonds. The molecule has 1 atom stereocenters. The molecule has 4 nitrogen and oxygen atoms in total. The third-order valence-electron chi connectivity index (χ3n) is 3.02. The number of aromatic nitrogens is 1. The molecule has 0 spiro atoms. The standard InChI is InChI=1S/C12H18N2O2S/c1-2-9(5-8-3-4-8)13-12-14-10(7-17-12)6-11(15)16/h7-9H,2-6H2,1H3,(H,13,14)(H,15,16). The minimum Gasteiger partial charge on any atom is -0.481 e. The van der Waals surface area contributed by atoms with Crippen LogP contribution in [0.4, 0.5) is 5.13 Å². The minimum atomic E-state index is -0.827. The van der Waals surface area contributed by atoms with E-state index < -0.39 is 5.97 Å². The SMILES string of the molecule is CCC(CC1CC1)Nc1nc(CC(=O)O)cs1. The van der Waals surface area contributed by atoms with Crippen molar-refractivity contribution in [2.75, 3.05) is 5.32 Å². The van der Waals surface area contributed by atoms with Gasteiger partial charge >= 0.3 is 5.97 Å². The molecule has 1 aliphatic carbocycles. The Balaban J connectivity index is 1.87. The summed E-state index contributed by atoms with van der Waals surface area (Å²) in [5.41, 5.74) is 0.645. The fraction of sp³-hybridized carbons (Fsp3) is 0.667. The van der Waals surface area contributed by atoms with Crippen molar-refractivity contribution in [2.24, 2.45) is 5.92 Å². The fourth-order valence-corrected chi connectivity index (χ4v) is 2.66. The summed E-state index contributed by atoms with van der Waals surface area (Å²) in [5, 5.41) is 14.8. The third kappa shape index (κ3) is 4.00. The number of hydrogen-bond acceptors (Lipinski definition) is 4. The van der Waals surface area contributed by atoms with Crippen LogP contribution < -0.4 is 5.32 Å². The summed E-state index contributed by atoms with van der Waals surface area (Å²) in [7, 11) is 0. The van der Waals surface area contributed by atoms with Crippen LogP contribution in [0.5, 0.6) is 0 Å². The van der Waals surface area contributed by atoms with Gasteiger partial charge in [-0.05, 0) is 18.8 Å². The Kier molecular flexibility index (Phi) is 3.99.